The molecule has 0 amide bonds. The molecule has 2 aromatic rings. The quantitative estimate of drug-likeness (QED) is 0.767. The van der Waals surface area contributed by atoms with Crippen molar-refractivity contribution in [3.63, 3.8) is 0 Å². The van der Waals surface area contributed by atoms with Gasteiger partial charge in [-0.3, -0.25) is 9.10 Å². The van der Waals surface area contributed by atoms with Crippen LogP contribution in [-0.4, -0.2) is 33.1 Å². The highest BCUT2D eigenvalue weighted by Crippen LogP contribution is 2.34. The van der Waals surface area contributed by atoms with Gasteiger partial charge in [-0.1, -0.05) is 12.1 Å². The summed E-state index contributed by atoms with van der Waals surface area (Å²) in [6.45, 7) is 1.54. The molecule has 0 fully saturated rings. The number of ether oxygens (including phenoxy) is 1. The van der Waals surface area contributed by atoms with Gasteiger partial charge in [-0.25, -0.2) is 12.8 Å². The van der Waals surface area contributed by atoms with Crippen LogP contribution in [0.2, 0.25) is 0 Å². The number of hydrogen-bond acceptors (Lipinski definition) is 4. The lowest BCUT2D eigenvalue weighted by Gasteiger charge is -2.21. The van der Waals surface area contributed by atoms with Crippen molar-refractivity contribution in [2.45, 2.75) is 19.4 Å². The Morgan fingerprint density at radius 1 is 1.28 bits per heavy atom. The second-order valence-corrected chi connectivity index (χ2v) is 7.96. The minimum atomic E-state index is -3.37. The van der Waals surface area contributed by atoms with Crippen molar-refractivity contribution >= 4 is 21.5 Å². The van der Waals surface area contributed by atoms with Gasteiger partial charge >= 0.3 is 0 Å². The molecule has 0 unspecified atom stereocenters. The number of anilines is 1. The molecular weight excluding hydrogens is 345 g/mol. The van der Waals surface area contributed by atoms with Gasteiger partial charge in [0.15, 0.2) is 24.0 Å². The highest BCUT2D eigenvalue weighted by Gasteiger charge is 2.32. The minimum absolute atomic E-state index is 0.0221. The van der Waals surface area contributed by atoms with E-state index >= 15 is 0 Å². The van der Waals surface area contributed by atoms with Crippen molar-refractivity contribution in [2.24, 2.45) is 0 Å². The van der Waals surface area contributed by atoms with E-state index in [0.717, 1.165) is 5.56 Å². The van der Waals surface area contributed by atoms with Gasteiger partial charge < -0.3 is 4.74 Å². The number of ketones is 1. The SMILES string of the molecule is C[C@@H]1Cc2cc(C(=O)COc3ccccc3F)ccc2N1S(C)(=O)=O. The molecule has 0 bridgehead atoms. The molecule has 0 N–H and O–H groups in total. The van der Waals surface area contributed by atoms with Gasteiger partial charge in [-0.15, -0.1) is 0 Å². The molecule has 3 rings (SSSR count). The van der Waals surface area contributed by atoms with Crippen LogP contribution in [0.1, 0.15) is 22.8 Å². The van der Waals surface area contributed by atoms with Gasteiger partial charge in [0.25, 0.3) is 0 Å². The molecular formula is C18H18FNO4S. The second kappa shape index (κ2) is 6.48. The number of Topliss-reactive ketones (excluding diaryl/α,β-unsaturated/α-hetero) is 1. The van der Waals surface area contributed by atoms with E-state index in [2.05, 4.69) is 0 Å². The average molecular weight is 363 g/mol. The van der Waals surface area contributed by atoms with Crippen molar-refractivity contribution in [1.29, 1.82) is 0 Å². The minimum Gasteiger partial charge on any atom is -0.482 e. The van der Waals surface area contributed by atoms with Crippen molar-refractivity contribution in [2.75, 3.05) is 17.2 Å². The first-order valence-corrected chi connectivity index (χ1v) is 9.65. The monoisotopic (exact) mass is 363 g/mol. The first kappa shape index (κ1) is 17.4. The molecule has 0 saturated carbocycles. The Labute approximate surface area is 146 Å². The molecule has 0 spiro atoms. The third-order valence-electron chi connectivity index (χ3n) is 4.11. The molecule has 132 valence electrons. The summed E-state index contributed by atoms with van der Waals surface area (Å²) in [5.74, 6) is -0.799. The second-order valence-electron chi connectivity index (χ2n) is 6.10. The number of fused-ring (bicyclic) bond motifs is 1. The fourth-order valence-corrected chi connectivity index (χ4v) is 4.33. The van der Waals surface area contributed by atoms with Gasteiger partial charge in [-0.05, 0) is 49.2 Å². The molecule has 0 aliphatic carbocycles. The third kappa shape index (κ3) is 3.51. The van der Waals surface area contributed by atoms with E-state index < -0.39 is 15.8 Å². The molecule has 0 aromatic heterocycles. The first-order chi connectivity index (χ1) is 11.8. The molecule has 0 radical (unpaired) electrons. The van der Waals surface area contributed by atoms with Crippen molar-refractivity contribution in [3.05, 3.63) is 59.4 Å². The van der Waals surface area contributed by atoms with Crippen LogP contribution in [0.25, 0.3) is 0 Å². The lowest BCUT2D eigenvalue weighted by Crippen LogP contribution is -2.34. The van der Waals surface area contributed by atoms with Gasteiger partial charge in [0.2, 0.25) is 10.0 Å². The largest absolute Gasteiger partial charge is 0.482 e. The summed E-state index contributed by atoms with van der Waals surface area (Å²) in [6, 6.07) is 10.6. The van der Waals surface area contributed by atoms with Gasteiger partial charge in [0.1, 0.15) is 0 Å². The summed E-state index contributed by atoms with van der Waals surface area (Å²) >= 11 is 0. The maximum atomic E-state index is 13.5. The standard InChI is InChI=1S/C18H18FNO4S/c1-12-9-14-10-13(7-8-16(14)20(12)25(2,22)23)17(21)11-24-18-6-4-3-5-15(18)19/h3-8,10,12H,9,11H2,1-2H3/t12-/m1/s1. The van der Waals surface area contributed by atoms with Crippen LogP contribution in [0.4, 0.5) is 10.1 Å². The maximum Gasteiger partial charge on any atom is 0.232 e. The third-order valence-corrected chi connectivity index (χ3v) is 5.38. The zero-order chi connectivity index (χ0) is 18.2. The summed E-state index contributed by atoms with van der Waals surface area (Å²) in [7, 11) is -3.37. The van der Waals surface area contributed by atoms with Crippen LogP contribution in [0.5, 0.6) is 5.75 Å². The molecule has 1 aliphatic heterocycles. The van der Waals surface area contributed by atoms with E-state index in [9.17, 15) is 17.6 Å². The van der Waals surface area contributed by atoms with Crippen LogP contribution < -0.4 is 9.04 Å². The molecule has 1 heterocycles. The van der Waals surface area contributed by atoms with E-state index in [4.69, 9.17) is 4.74 Å². The highest BCUT2D eigenvalue weighted by molar-refractivity contribution is 7.92. The number of halogens is 1. The Hall–Kier alpha value is -2.41. The Balaban J connectivity index is 1.78. The normalized spacial score (nSPS) is 16.6. The van der Waals surface area contributed by atoms with Crippen LogP contribution in [0, 0.1) is 5.82 Å². The topological polar surface area (TPSA) is 63.7 Å². The number of nitrogens with zero attached hydrogens (tertiary/aromatic N) is 1. The lowest BCUT2D eigenvalue weighted by atomic mass is 10.0. The Morgan fingerprint density at radius 3 is 2.68 bits per heavy atom. The summed E-state index contributed by atoms with van der Waals surface area (Å²) in [5.41, 5.74) is 1.81. The zero-order valence-corrected chi connectivity index (χ0v) is 14.7. The van der Waals surface area contributed by atoms with E-state index in [-0.39, 0.29) is 24.2 Å². The number of rotatable bonds is 5. The van der Waals surface area contributed by atoms with Crippen molar-refractivity contribution in [1.82, 2.24) is 0 Å². The summed E-state index contributed by atoms with van der Waals surface area (Å²) in [4.78, 5) is 12.3. The number of carbonyl (C=O) groups is 1. The average Bonchev–Trinajstić information content (AvgIpc) is 2.88. The fraction of sp³-hybridized carbons (Fsp3) is 0.278. The Kier molecular flexibility index (Phi) is 4.51. The van der Waals surface area contributed by atoms with Crippen LogP contribution in [0.3, 0.4) is 0 Å². The van der Waals surface area contributed by atoms with Crippen molar-refractivity contribution in [3.8, 4) is 5.75 Å². The molecule has 5 nitrogen and oxygen atoms in total. The highest BCUT2D eigenvalue weighted by atomic mass is 32.2. The molecule has 2 aromatic carbocycles. The fourth-order valence-electron chi connectivity index (χ4n) is 3.07. The summed E-state index contributed by atoms with van der Waals surface area (Å²) in [6.07, 6.45) is 1.71. The van der Waals surface area contributed by atoms with Crippen LogP contribution in [0.15, 0.2) is 42.5 Å². The molecule has 1 atom stereocenters. The van der Waals surface area contributed by atoms with Crippen molar-refractivity contribution < 1.29 is 22.3 Å². The Bertz CT molecular complexity index is 926. The van der Waals surface area contributed by atoms with E-state index in [1.807, 2.05) is 6.92 Å². The molecule has 25 heavy (non-hydrogen) atoms. The molecule has 0 saturated heterocycles. The predicted molar refractivity (Wildman–Crippen MR) is 93.2 cm³/mol. The predicted octanol–water partition coefficient (Wildman–Crippen LogP) is 2.80. The molecule has 7 heteroatoms. The summed E-state index contributed by atoms with van der Waals surface area (Å²) < 4.78 is 44.0. The van der Waals surface area contributed by atoms with Gasteiger partial charge in [0.05, 0.1) is 11.9 Å². The van der Waals surface area contributed by atoms with Crippen LogP contribution in [-0.2, 0) is 16.4 Å². The number of benzene rings is 2. The number of hydrogen-bond donors (Lipinski definition) is 0. The number of carbonyl (C=O) groups excluding carboxylic acids is 1. The number of para-hydroxylation sites is 1. The van der Waals surface area contributed by atoms with Crippen LogP contribution >= 0.6 is 0 Å². The van der Waals surface area contributed by atoms with E-state index in [1.165, 1.54) is 22.7 Å². The molecule has 1 aliphatic rings. The zero-order valence-electron chi connectivity index (χ0n) is 13.9. The number of sulfonamides is 1. The first-order valence-electron chi connectivity index (χ1n) is 7.80. The Morgan fingerprint density at radius 2 is 2.00 bits per heavy atom. The van der Waals surface area contributed by atoms with Gasteiger partial charge in [0, 0.05) is 11.6 Å². The smallest absolute Gasteiger partial charge is 0.232 e. The van der Waals surface area contributed by atoms with Gasteiger partial charge in [-0.2, -0.15) is 0 Å². The van der Waals surface area contributed by atoms with E-state index in [0.29, 0.717) is 17.7 Å². The lowest BCUT2D eigenvalue weighted by molar-refractivity contribution is 0.0918. The summed E-state index contributed by atoms with van der Waals surface area (Å²) in [5, 5.41) is 0. The maximum absolute atomic E-state index is 13.5. The van der Waals surface area contributed by atoms with E-state index in [1.54, 1.807) is 30.3 Å².